The van der Waals surface area contributed by atoms with E-state index in [-0.39, 0.29) is 12.2 Å². The molecular formula is C4H10ClNO2P2. The van der Waals surface area contributed by atoms with Gasteiger partial charge in [-0.2, -0.15) is 0 Å². The summed E-state index contributed by atoms with van der Waals surface area (Å²) >= 11 is 5.71. The summed E-state index contributed by atoms with van der Waals surface area (Å²) < 4.78 is 11.7. The van der Waals surface area contributed by atoms with Crippen molar-refractivity contribution in [3.8, 4) is 0 Å². The Morgan fingerprint density at radius 2 is 1.60 bits per heavy atom. The predicted molar refractivity (Wildman–Crippen MR) is 46.6 cm³/mol. The topological polar surface area (TPSA) is 21.7 Å². The number of hydrogen-bond acceptors (Lipinski definition) is 3. The molecule has 6 heteroatoms. The van der Waals surface area contributed by atoms with Crippen LogP contribution in [0.1, 0.15) is 0 Å². The lowest BCUT2D eigenvalue weighted by Crippen LogP contribution is -2.24. The maximum absolute atomic E-state index is 5.71. The number of hydrogen-bond donors (Lipinski definition) is 0. The minimum atomic E-state index is 0.0694. The van der Waals surface area contributed by atoms with Crippen LogP contribution < -0.4 is 0 Å². The molecule has 0 N–H and O–H groups in total. The van der Waals surface area contributed by atoms with Gasteiger partial charge in [-0.25, -0.2) is 4.42 Å². The molecule has 60 valence electrons. The highest BCUT2D eigenvalue weighted by Crippen LogP contribution is 2.21. The largest absolute Gasteiger partial charge is 0.358 e. The van der Waals surface area contributed by atoms with Gasteiger partial charge in [0.25, 0.3) is 0 Å². The predicted octanol–water partition coefficient (Wildman–Crippen LogP) is 0.806. The van der Waals surface area contributed by atoms with E-state index in [9.17, 15) is 0 Å². The van der Waals surface area contributed by atoms with E-state index in [2.05, 4.69) is 18.9 Å². The molecule has 0 aromatic rings. The lowest BCUT2D eigenvalue weighted by molar-refractivity contribution is 0.124. The van der Waals surface area contributed by atoms with Crippen molar-refractivity contribution in [2.75, 3.05) is 13.1 Å². The first kappa shape index (κ1) is 9.12. The molecule has 1 aliphatic heterocycles. The molecule has 0 spiro atoms. The summed E-state index contributed by atoms with van der Waals surface area (Å²) in [5, 5.41) is 0. The molecule has 1 heterocycles. The molecule has 4 atom stereocenters. The van der Waals surface area contributed by atoms with Crippen LogP contribution in [0.5, 0.6) is 0 Å². The Kier molecular flexibility index (Phi) is 3.79. The highest BCUT2D eigenvalue weighted by atomic mass is 35.5. The molecule has 0 aliphatic carbocycles. The van der Waals surface area contributed by atoms with Crippen LogP contribution in [-0.4, -0.2) is 29.7 Å². The third-order valence-corrected chi connectivity index (χ3v) is 2.50. The molecule has 2 unspecified atom stereocenters. The zero-order valence-corrected chi connectivity index (χ0v) is 8.43. The molecule has 1 fully saturated rings. The van der Waals surface area contributed by atoms with Crippen molar-refractivity contribution in [2.45, 2.75) is 12.2 Å². The van der Waals surface area contributed by atoms with Gasteiger partial charge < -0.3 is 9.05 Å². The zero-order valence-electron chi connectivity index (χ0n) is 5.37. The minimum Gasteiger partial charge on any atom is -0.358 e. The zero-order chi connectivity index (χ0) is 7.56. The van der Waals surface area contributed by atoms with Crippen LogP contribution in [-0.2, 0) is 9.05 Å². The van der Waals surface area contributed by atoms with Crippen LogP contribution in [0.3, 0.4) is 0 Å². The molecular weight excluding hydrogens is 191 g/mol. The van der Waals surface area contributed by atoms with E-state index in [1.165, 1.54) is 0 Å². The van der Waals surface area contributed by atoms with E-state index in [0.717, 1.165) is 0 Å². The van der Waals surface area contributed by atoms with E-state index in [1.54, 1.807) is 4.42 Å². The molecule has 0 aromatic heterocycles. The number of rotatable bonds is 2. The van der Waals surface area contributed by atoms with Gasteiger partial charge in [0.1, 0.15) is 12.2 Å². The highest BCUT2D eigenvalue weighted by Gasteiger charge is 2.32. The molecule has 1 aliphatic rings. The summed E-state index contributed by atoms with van der Waals surface area (Å²) in [6.45, 7) is 1.42. The van der Waals surface area contributed by atoms with Gasteiger partial charge in [-0.3, -0.25) is 0 Å². The van der Waals surface area contributed by atoms with Gasteiger partial charge in [-0.05, 0) is 11.8 Å². The van der Waals surface area contributed by atoms with Crippen molar-refractivity contribution in [1.29, 1.82) is 0 Å². The highest BCUT2D eigenvalue weighted by molar-refractivity contribution is 7.10. The average molecular weight is 202 g/mol. The molecule has 10 heavy (non-hydrogen) atoms. The maximum atomic E-state index is 5.71. The Hall–Kier alpha value is 1.03. The summed E-state index contributed by atoms with van der Waals surface area (Å²) in [5.41, 5.74) is 0. The van der Waals surface area contributed by atoms with Crippen LogP contribution in [0, 0.1) is 0 Å². The summed E-state index contributed by atoms with van der Waals surface area (Å²) in [6, 6.07) is 0. The van der Waals surface area contributed by atoms with Crippen LogP contribution in [0.15, 0.2) is 0 Å². The molecule has 0 saturated carbocycles. The van der Waals surface area contributed by atoms with Gasteiger partial charge in [-0.15, -0.1) is 0 Å². The second kappa shape index (κ2) is 4.15. The fourth-order valence-electron chi connectivity index (χ4n) is 0.962. The lowest BCUT2D eigenvalue weighted by atomic mass is 10.3. The van der Waals surface area contributed by atoms with Crippen LogP contribution in [0.4, 0.5) is 0 Å². The second-order valence-corrected chi connectivity index (χ2v) is 3.20. The Balaban J connectivity index is 2.41. The molecule has 0 amide bonds. The molecule has 3 nitrogen and oxygen atoms in total. The fraction of sp³-hybridized carbons (Fsp3) is 1.00. The number of halogens is 1. The Bertz CT molecular complexity index is 105. The number of nitrogens with zero attached hydrogens (tertiary/aromatic N) is 1. The lowest BCUT2D eigenvalue weighted by Gasteiger charge is -2.13. The van der Waals surface area contributed by atoms with Crippen LogP contribution in [0.25, 0.3) is 0 Å². The summed E-state index contributed by atoms with van der Waals surface area (Å²) in [4.78, 5) is 0. The average Bonchev–Trinajstić information content (AvgIpc) is 2.30. The van der Waals surface area contributed by atoms with Crippen molar-refractivity contribution in [3.05, 3.63) is 0 Å². The molecule has 0 radical (unpaired) electrons. The molecule has 0 aromatic carbocycles. The first-order valence-corrected chi connectivity index (χ1v) is 4.17. The standard InChI is InChI=1S/C4H10ClNO2P2/c5-6-1-3(7-9)4(2-6)8-10/h3-4H,1-2,9-10H2/t3-,4-/m0/s1. The second-order valence-electron chi connectivity index (χ2n) is 2.18. The molecule has 0 bridgehead atoms. The van der Waals surface area contributed by atoms with Crippen molar-refractivity contribution >= 4 is 30.7 Å². The van der Waals surface area contributed by atoms with Crippen LogP contribution >= 0.6 is 30.7 Å². The van der Waals surface area contributed by atoms with Crippen molar-refractivity contribution in [2.24, 2.45) is 0 Å². The van der Waals surface area contributed by atoms with Gasteiger partial charge in [0.05, 0.1) is 0 Å². The van der Waals surface area contributed by atoms with E-state index in [1.807, 2.05) is 0 Å². The Labute approximate surface area is 70.1 Å². The summed E-state index contributed by atoms with van der Waals surface area (Å²) in [6.07, 6.45) is 0.139. The van der Waals surface area contributed by atoms with Crippen molar-refractivity contribution in [3.63, 3.8) is 0 Å². The molecule has 1 rings (SSSR count). The van der Waals surface area contributed by atoms with Gasteiger partial charge in [0.15, 0.2) is 0 Å². The van der Waals surface area contributed by atoms with Gasteiger partial charge in [0.2, 0.25) is 0 Å². The van der Waals surface area contributed by atoms with Gasteiger partial charge in [0, 0.05) is 32.0 Å². The van der Waals surface area contributed by atoms with Crippen LogP contribution in [0.2, 0.25) is 0 Å². The third kappa shape index (κ3) is 2.01. The van der Waals surface area contributed by atoms with E-state index in [4.69, 9.17) is 20.8 Å². The smallest absolute Gasteiger partial charge is 0.103 e. The maximum Gasteiger partial charge on any atom is 0.103 e. The summed E-state index contributed by atoms with van der Waals surface area (Å²) in [5.74, 6) is 0. The van der Waals surface area contributed by atoms with E-state index < -0.39 is 0 Å². The normalized spacial score (nSPS) is 35.1. The first-order valence-electron chi connectivity index (χ1n) is 2.89. The van der Waals surface area contributed by atoms with E-state index >= 15 is 0 Å². The minimum absolute atomic E-state index is 0.0694. The summed E-state index contributed by atoms with van der Waals surface area (Å²) in [7, 11) is 4.44. The Morgan fingerprint density at radius 1 is 1.20 bits per heavy atom. The first-order chi connectivity index (χ1) is 4.77. The Morgan fingerprint density at radius 3 is 1.90 bits per heavy atom. The fourth-order valence-corrected chi connectivity index (χ4v) is 1.76. The monoisotopic (exact) mass is 201 g/mol. The van der Waals surface area contributed by atoms with E-state index in [0.29, 0.717) is 13.1 Å². The quantitative estimate of drug-likeness (QED) is 0.487. The third-order valence-electron chi connectivity index (χ3n) is 1.52. The van der Waals surface area contributed by atoms with Gasteiger partial charge in [-0.1, -0.05) is 0 Å². The van der Waals surface area contributed by atoms with Crippen molar-refractivity contribution in [1.82, 2.24) is 4.42 Å². The van der Waals surface area contributed by atoms with Crippen molar-refractivity contribution < 1.29 is 9.05 Å². The van der Waals surface area contributed by atoms with Gasteiger partial charge >= 0.3 is 0 Å². The SMILES string of the molecule is PO[C@H]1CN(Cl)C[C@@H]1OP. The molecule has 1 saturated heterocycles.